The smallest absolute Gasteiger partial charge is 0.282 e. The van der Waals surface area contributed by atoms with E-state index in [1.807, 2.05) is 0 Å². The molecule has 0 amide bonds. The summed E-state index contributed by atoms with van der Waals surface area (Å²) in [4.78, 5) is 105. The van der Waals surface area contributed by atoms with Gasteiger partial charge in [0.2, 0.25) is 17.8 Å². The number of nitrogens with two attached hydrogens (primary N) is 3. The minimum atomic E-state index is -6.17. The van der Waals surface area contributed by atoms with Gasteiger partial charge in [-0.1, -0.05) is 7.43 Å². The molecular weight excluding hydrogens is 1110 g/mol. The van der Waals surface area contributed by atoms with Gasteiger partial charge in [0.25, 0.3) is 32.3 Å². The van der Waals surface area contributed by atoms with E-state index >= 15 is 0 Å². The molecule has 6 aromatic heterocycles. The normalized spacial score (nSPS) is 29.9. The van der Waals surface area contributed by atoms with Crippen molar-refractivity contribution in [1.29, 1.82) is 0 Å². The van der Waals surface area contributed by atoms with Gasteiger partial charge >= 0.3 is 0 Å². The van der Waals surface area contributed by atoms with Crippen molar-refractivity contribution in [3.05, 3.63) is 50.0 Å². The van der Waals surface area contributed by atoms with Crippen LogP contribution in [0.1, 0.15) is 40.0 Å². The molecule has 0 aliphatic carbocycles. The van der Waals surface area contributed by atoms with E-state index in [1.165, 1.54) is 49.7 Å². The number of phosphoric acid groups is 3. The lowest BCUT2D eigenvalue weighted by atomic mass is 9.99. The van der Waals surface area contributed by atoms with Crippen LogP contribution in [0.4, 0.5) is 17.8 Å². The molecular formula is C35H50N15O24P3-4. The van der Waals surface area contributed by atoms with Crippen LogP contribution in [0, 0.1) is 0 Å². The van der Waals surface area contributed by atoms with Crippen molar-refractivity contribution >= 4 is 74.8 Å². The number of hydrogen-bond donors (Lipinski definition) is 12. The summed E-state index contributed by atoms with van der Waals surface area (Å²) in [5.41, 5.74) is 12.6. The Labute approximate surface area is 428 Å². The molecule has 0 aromatic carbocycles. The van der Waals surface area contributed by atoms with Gasteiger partial charge in [-0.2, -0.15) is 15.0 Å². The van der Waals surface area contributed by atoms with Gasteiger partial charge in [0.15, 0.2) is 52.2 Å². The maximum absolute atomic E-state index is 12.2. The number of rotatable bonds is 12. The number of ether oxygens (including phenoxy) is 3. The van der Waals surface area contributed by atoms with E-state index in [2.05, 4.69) is 48.0 Å². The van der Waals surface area contributed by atoms with Crippen molar-refractivity contribution in [1.82, 2.24) is 57.7 Å². The van der Waals surface area contributed by atoms with Crippen LogP contribution in [0.25, 0.3) is 33.5 Å². The van der Waals surface area contributed by atoms with Crippen molar-refractivity contribution in [2.24, 2.45) is 14.1 Å². The molecule has 9 rings (SSSR count). The lowest BCUT2D eigenvalue weighted by Gasteiger charge is -2.37. The van der Waals surface area contributed by atoms with Crippen LogP contribution in [-0.4, -0.2) is 172 Å². The number of phosphoric ester groups is 1. The summed E-state index contributed by atoms with van der Waals surface area (Å²) in [5, 5.41) is 79.4. The molecule has 0 saturated carbocycles. The average Bonchev–Trinajstić information content (AvgIpc) is 4.18. The Morgan fingerprint density at radius 2 is 1.06 bits per heavy atom. The summed E-state index contributed by atoms with van der Waals surface area (Å²) >= 11 is 0. The zero-order chi connectivity index (χ0) is 56.5. The first-order valence-electron chi connectivity index (χ1n) is 21.3. The molecule has 0 bridgehead atoms. The maximum atomic E-state index is 12.2. The number of aliphatic hydroxyl groups is 8. The van der Waals surface area contributed by atoms with Crippen LogP contribution in [-0.2, 0) is 55.1 Å². The van der Waals surface area contributed by atoms with E-state index in [0.29, 0.717) is 0 Å². The Kier molecular flexibility index (Phi) is 17.3. The second-order valence-electron chi connectivity index (χ2n) is 17.3. The van der Waals surface area contributed by atoms with Crippen molar-refractivity contribution in [2.45, 2.75) is 93.9 Å². The van der Waals surface area contributed by atoms with Gasteiger partial charge in [-0.05, 0) is 13.8 Å². The number of hydrogen-bond acceptors (Lipinski definition) is 33. The minimum Gasteiger partial charge on any atom is -0.790 e. The molecule has 428 valence electrons. The highest BCUT2D eigenvalue weighted by Crippen LogP contribution is 2.60. The molecule has 9 heterocycles. The van der Waals surface area contributed by atoms with Crippen molar-refractivity contribution in [3.8, 4) is 0 Å². The molecule has 3 aliphatic heterocycles. The first-order chi connectivity index (χ1) is 35.2. The number of aromatic nitrogens is 12. The summed E-state index contributed by atoms with van der Waals surface area (Å²) in [5.74, 6) is -0.332. The second kappa shape index (κ2) is 21.9. The first-order valence-corrected chi connectivity index (χ1v) is 25.7. The summed E-state index contributed by atoms with van der Waals surface area (Å²) in [6.45, 7) is 0.845. The Morgan fingerprint density at radius 1 is 0.649 bits per heavy atom. The molecule has 3 aliphatic rings. The van der Waals surface area contributed by atoms with E-state index in [0.717, 1.165) is 20.0 Å². The van der Waals surface area contributed by atoms with E-state index in [4.69, 9.17) is 31.4 Å². The lowest BCUT2D eigenvalue weighted by molar-refractivity contribution is -0.339. The molecule has 6 aromatic rings. The monoisotopic (exact) mass is 1160 g/mol. The van der Waals surface area contributed by atoms with Gasteiger partial charge in [-0.25, -0.2) is 19.3 Å². The van der Waals surface area contributed by atoms with Crippen molar-refractivity contribution in [2.75, 3.05) is 37.0 Å². The standard InChI is InChI=1S/C12H17N5O5.C11H18N5O14P3.C11H15N5O5.CH4/c1-12(3-18)7(20)6(19)10(22-12)17-4-14-5-8(17)15-11(13)16(2)9(5)21;1-15-9(19)5-8(14-11(15)12)16(3-13-5)10-7(18)6(17)4(28-10)2-27-32(23,24)30-33(25,26)29-31(20,21)22;1-11(2-17)6(19)5(18)9(21-11)16-3-13-4-7(16)14-10(12)15-8(4)20;/h4,6-7,10,18-20H,3H2,1-2H3,(H2,13,15);3-4,6-7,10,17-18H,2H2,1H3,(H2,12,14)(H,23,24)(H,25,26)(H2,20,21,22);3,5-6,9,17-19H,2H2,1H3,(H3,12,14,15,20);1H4/p-4/t6-,7?,10+,12+;4-,6?,7+,10-;5-,6?,9+,11+;/m010./s1. The zero-order valence-electron chi connectivity index (χ0n) is 39.2. The van der Waals surface area contributed by atoms with Gasteiger partial charge in [-0.3, -0.25) is 55.6 Å². The number of fused-ring (bicyclic) bond motifs is 3. The van der Waals surface area contributed by atoms with E-state index in [1.54, 1.807) is 0 Å². The Balaban J connectivity index is 0.000000192. The summed E-state index contributed by atoms with van der Waals surface area (Å²) in [6.07, 6.45) is -10.4. The predicted octanol–water partition coefficient (Wildman–Crippen LogP) is -8.80. The third-order valence-electron chi connectivity index (χ3n) is 12.0. The zero-order valence-corrected chi connectivity index (χ0v) is 41.9. The van der Waals surface area contributed by atoms with Crippen LogP contribution in [0.5, 0.6) is 0 Å². The number of nitrogen functional groups attached to an aromatic ring is 3. The third kappa shape index (κ3) is 11.8. The number of aromatic amines is 1. The van der Waals surface area contributed by atoms with Crippen LogP contribution >= 0.6 is 23.5 Å². The molecule has 39 nitrogen and oxygen atoms in total. The molecule has 77 heavy (non-hydrogen) atoms. The number of anilines is 3. The van der Waals surface area contributed by atoms with E-state index in [-0.39, 0.29) is 58.8 Å². The van der Waals surface area contributed by atoms with Gasteiger partial charge in [0, 0.05) is 14.1 Å². The van der Waals surface area contributed by atoms with Crippen LogP contribution in [0.3, 0.4) is 0 Å². The Morgan fingerprint density at radius 3 is 1.48 bits per heavy atom. The van der Waals surface area contributed by atoms with Crippen LogP contribution in [0.2, 0.25) is 0 Å². The topological polar surface area (TPSA) is 608 Å². The van der Waals surface area contributed by atoms with Crippen LogP contribution in [0.15, 0.2) is 33.4 Å². The molecule has 3 fully saturated rings. The molecule has 0 spiro atoms. The Hall–Kier alpha value is -5.58. The highest BCUT2D eigenvalue weighted by Gasteiger charge is 2.53. The maximum Gasteiger partial charge on any atom is 0.282 e. The highest BCUT2D eigenvalue weighted by molar-refractivity contribution is 7.64. The molecule has 3 saturated heterocycles. The average molecular weight is 1160 g/mol. The number of nitrogens with zero attached hydrogens (tertiary/aromatic N) is 11. The van der Waals surface area contributed by atoms with E-state index < -0.39 is 133 Å². The van der Waals surface area contributed by atoms with Crippen LogP contribution < -0.4 is 53.5 Å². The number of nitrogens with one attached hydrogen (secondary N) is 1. The molecule has 14 atom stereocenters. The minimum absolute atomic E-state index is 0. The number of aliphatic hydroxyl groups excluding tert-OH is 8. The summed E-state index contributed by atoms with van der Waals surface area (Å²) in [6, 6.07) is 0. The largest absolute Gasteiger partial charge is 0.790 e. The molecule has 15 N–H and O–H groups in total. The lowest BCUT2D eigenvalue weighted by Crippen LogP contribution is -2.43. The van der Waals surface area contributed by atoms with Crippen molar-refractivity contribution in [3.63, 3.8) is 0 Å². The van der Waals surface area contributed by atoms with Gasteiger partial charge < -0.3 is 101 Å². The fraction of sp³-hybridized carbons (Fsp3) is 0.571. The quantitative estimate of drug-likeness (QED) is 0.0506. The van der Waals surface area contributed by atoms with Gasteiger partial charge in [-0.15, -0.1) is 0 Å². The number of imidazole rings is 3. The van der Waals surface area contributed by atoms with Crippen molar-refractivity contribution < 1.29 is 101 Å². The molecule has 0 radical (unpaired) electrons. The molecule has 42 heteroatoms. The predicted molar refractivity (Wildman–Crippen MR) is 246 cm³/mol. The summed E-state index contributed by atoms with van der Waals surface area (Å²) < 4.78 is 66.0. The third-order valence-corrected chi connectivity index (χ3v) is 15.6. The fourth-order valence-corrected chi connectivity index (χ4v) is 10.6. The number of H-pyrrole nitrogens is 1. The SMILES string of the molecule is C.C[C@]1(CO)O[C@@H](n2cnc3c(=O)[nH]c(N)nc32)[C@@H](O)C1O.Cn1c(N)nc2c(ncn2[C@@H]2O[C@H](COP(=O)([O-])OP(=O)([O-])OP(=O)([O-])[O-])C(O)[C@@H]2O)c1=O.Cn1c(N)nc2c(ncn2[C@@H]2O[C@](C)(CO)C(O)[C@@H]2O)c1=O. The van der Waals surface area contributed by atoms with Gasteiger partial charge in [0.1, 0.15) is 53.9 Å². The highest BCUT2D eigenvalue weighted by atomic mass is 31.3. The fourth-order valence-electron chi connectivity index (χ4n) is 7.74. The Bertz CT molecular complexity index is 3490. The second-order valence-corrected chi connectivity index (χ2v) is 21.5. The molecule has 5 unspecified atom stereocenters. The summed E-state index contributed by atoms with van der Waals surface area (Å²) in [7, 11) is -15.4. The van der Waals surface area contributed by atoms with E-state index in [9.17, 15) is 88.5 Å². The van der Waals surface area contributed by atoms with Gasteiger partial charge in [0.05, 0.1) is 46.6 Å². The first kappa shape index (κ1) is 60.6.